The number of carbonyl (C=O) groups is 2. The number of carboxylic acids is 1. The van der Waals surface area contributed by atoms with Crippen molar-refractivity contribution in [2.24, 2.45) is 0 Å². The molecule has 0 rings (SSSR count). The average molecular weight is 328 g/mol. The summed E-state index contributed by atoms with van der Waals surface area (Å²) in [5.74, 6) is -0.659. The van der Waals surface area contributed by atoms with E-state index in [1.54, 1.807) is 0 Å². The summed E-state index contributed by atoms with van der Waals surface area (Å²) < 4.78 is 0. The van der Waals surface area contributed by atoms with Gasteiger partial charge in [-0.2, -0.15) is 0 Å². The Hall–Kier alpha value is -1.06. The minimum absolute atomic E-state index is 0.108. The molecule has 0 atom stereocenters. The molecule has 0 aromatic heterocycles. The third kappa shape index (κ3) is 18.9. The molecule has 0 aliphatic rings. The first-order chi connectivity index (χ1) is 11.2. The first-order valence-electron chi connectivity index (χ1n) is 9.65. The largest absolute Gasteiger partial charge is 0.481 e. The molecule has 136 valence electrons. The smallest absolute Gasteiger partial charge is 0.303 e. The fraction of sp³-hybridized carbons (Fsp3) is 0.895. The predicted octanol–water partition coefficient (Wildman–Crippen LogP) is 5.06. The van der Waals surface area contributed by atoms with Gasteiger partial charge in [0.25, 0.3) is 0 Å². The van der Waals surface area contributed by atoms with Gasteiger partial charge in [0.15, 0.2) is 0 Å². The first-order valence-corrected chi connectivity index (χ1v) is 9.65. The van der Waals surface area contributed by atoms with Gasteiger partial charge in [-0.15, -0.1) is 0 Å². The van der Waals surface area contributed by atoms with Gasteiger partial charge in [-0.25, -0.2) is 0 Å². The number of hydrogen-bond donors (Lipinski definition) is 2. The van der Waals surface area contributed by atoms with Crippen LogP contribution >= 0.6 is 0 Å². The number of unbranched alkanes of at least 4 members (excludes halogenated alkanes) is 11. The Balaban J connectivity index is 3.16. The van der Waals surface area contributed by atoms with Crippen molar-refractivity contribution in [3.8, 4) is 0 Å². The number of carboxylic acid groups (broad SMARTS) is 1. The molecule has 0 spiro atoms. The Morgan fingerprint density at radius 2 is 1.17 bits per heavy atom. The molecule has 0 aliphatic carbocycles. The van der Waals surface area contributed by atoms with E-state index in [1.165, 1.54) is 57.8 Å². The van der Waals surface area contributed by atoms with Gasteiger partial charge in [-0.05, 0) is 19.3 Å². The molecule has 0 aromatic carbocycles. The monoisotopic (exact) mass is 327 g/mol. The lowest BCUT2D eigenvalue weighted by molar-refractivity contribution is -0.137. The van der Waals surface area contributed by atoms with E-state index >= 15 is 0 Å². The Morgan fingerprint density at radius 3 is 1.70 bits per heavy atom. The van der Waals surface area contributed by atoms with E-state index in [0.717, 1.165) is 19.3 Å². The van der Waals surface area contributed by atoms with E-state index < -0.39 is 5.97 Å². The maximum absolute atomic E-state index is 11.6. The Kier molecular flexibility index (Phi) is 16.5. The van der Waals surface area contributed by atoms with Crippen molar-refractivity contribution >= 4 is 11.9 Å². The van der Waals surface area contributed by atoms with Crippen LogP contribution in [0, 0.1) is 0 Å². The molecule has 0 unspecified atom stereocenters. The van der Waals surface area contributed by atoms with Gasteiger partial charge in [-0.1, -0.05) is 71.1 Å². The summed E-state index contributed by atoms with van der Waals surface area (Å²) in [5.41, 5.74) is 0. The topological polar surface area (TPSA) is 66.4 Å². The van der Waals surface area contributed by atoms with Crippen LogP contribution in [0.15, 0.2) is 0 Å². The van der Waals surface area contributed by atoms with Crippen molar-refractivity contribution in [2.45, 2.75) is 103 Å². The van der Waals surface area contributed by atoms with Crippen molar-refractivity contribution < 1.29 is 14.7 Å². The van der Waals surface area contributed by atoms with Gasteiger partial charge in [0.2, 0.25) is 5.91 Å². The van der Waals surface area contributed by atoms with Crippen LogP contribution in [0.4, 0.5) is 0 Å². The summed E-state index contributed by atoms with van der Waals surface area (Å²) in [6.07, 6.45) is 16.4. The third-order valence-corrected chi connectivity index (χ3v) is 4.15. The van der Waals surface area contributed by atoms with Gasteiger partial charge >= 0.3 is 5.97 Å². The van der Waals surface area contributed by atoms with Gasteiger partial charge < -0.3 is 10.4 Å². The minimum atomic E-state index is -0.766. The van der Waals surface area contributed by atoms with Crippen molar-refractivity contribution in [3.05, 3.63) is 0 Å². The Labute approximate surface area is 142 Å². The lowest BCUT2D eigenvalue weighted by atomic mass is 10.1. The van der Waals surface area contributed by atoms with Crippen LogP contribution in [0.2, 0.25) is 0 Å². The second-order valence-corrected chi connectivity index (χ2v) is 6.49. The van der Waals surface area contributed by atoms with E-state index in [9.17, 15) is 9.59 Å². The van der Waals surface area contributed by atoms with Gasteiger partial charge in [0.1, 0.15) is 0 Å². The van der Waals surface area contributed by atoms with Crippen LogP contribution in [-0.2, 0) is 9.59 Å². The summed E-state index contributed by atoms with van der Waals surface area (Å²) in [6.45, 7) is 2.85. The molecule has 0 bridgehead atoms. The summed E-state index contributed by atoms with van der Waals surface area (Å²) in [6, 6.07) is 0. The number of hydrogen-bond acceptors (Lipinski definition) is 2. The fourth-order valence-electron chi connectivity index (χ4n) is 2.67. The standard InChI is InChI=1S/C19H37NO3/c1-2-3-4-5-6-7-8-9-10-11-12-15-18(21)20-17-14-13-16-19(22)23/h2-17H2,1H3,(H,20,21)(H,22,23). The minimum Gasteiger partial charge on any atom is -0.481 e. The highest BCUT2D eigenvalue weighted by molar-refractivity contribution is 5.75. The van der Waals surface area contributed by atoms with Crippen molar-refractivity contribution in [1.82, 2.24) is 5.32 Å². The van der Waals surface area contributed by atoms with Crippen LogP contribution in [0.3, 0.4) is 0 Å². The number of aliphatic carboxylic acids is 1. The predicted molar refractivity (Wildman–Crippen MR) is 95.6 cm³/mol. The number of amides is 1. The second kappa shape index (κ2) is 17.3. The van der Waals surface area contributed by atoms with Crippen molar-refractivity contribution in [3.63, 3.8) is 0 Å². The zero-order valence-electron chi connectivity index (χ0n) is 15.1. The van der Waals surface area contributed by atoms with Crippen LogP contribution in [-0.4, -0.2) is 23.5 Å². The highest BCUT2D eigenvalue weighted by Crippen LogP contribution is 2.11. The maximum atomic E-state index is 11.6. The van der Waals surface area contributed by atoms with Crippen molar-refractivity contribution in [1.29, 1.82) is 0 Å². The summed E-state index contributed by atoms with van der Waals surface area (Å²) in [5, 5.41) is 11.4. The molecule has 0 aliphatic heterocycles. The summed E-state index contributed by atoms with van der Waals surface area (Å²) in [7, 11) is 0. The molecule has 0 saturated heterocycles. The first kappa shape index (κ1) is 21.9. The molecule has 0 aromatic rings. The van der Waals surface area contributed by atoms with Gasteiger partial charge in [0, 0.05) is 19.4 Å². The van der Waals surface area contributed by atoms with E-state index in [1.807, 2.05) is 0 Å². The highest BCUT2D eigenvalue weighted by atomic mass is 16.4. The molecule has 0 saturated carbocycles. The molecule has 0 heterocycles. The quantitative estimate of drug-likeness (QED) is 0.367. The molecule has 0 radical (unpaired) electrons. The van der Waals surface area contributed by atoms with Gasteiger partial charge in [0.05, 0.1) is 0 Å². The van der Waals surface area contributed by atoms with Crippen molar-refractivity contribution in [2.75, 3.05) is 6.54 Å². The molecule has 4 nitrogen and oxygen atoms in total. The SMILES string of the molecule is CCCCCCCCCCCCCC(=O)NCCCCC(=O)O. The second-order valence-electron chi connectivity index (χ2n) is 6.49. The fourth-order valence-corrected chi connectivity index (χ4v) is 2.67. The van der Waals surface area contributed by atoms with E-state index in [-0.39, 0.29) is 12.3 Å². The van der Waals surface area contributed by atoms with E-state index in [4.69, 9.17) is 5.11 Å². The highest BCUT2D eigenvalue weighted by Gasteiger charge is 2.01. The van der Waals surface area contributed by atoms with Crippen LogP contribution in [0.1, 0.15) is 103 Å². The number of nitrogens with one attached hydrogen (secondary N) is 1. The number of rotatable bonds is 17. The normalized spacial score (nSPS) is 10.7. The average Bonchev–Trinajstić information content (AvgIpc) is 2.52. The zero-order chi connectivity index (χ0) is 17.2. The lowest BCUT2D eigenvalue weighted by Crippen LogP contribution is -2.24. The zero-order valence-corrected chi connectivity index (χ0v) is 15.1. The van der Waals surface area contributed by atoms with E-state index in [2.05, 4.69) is 12.2 Å². The lowest BCUT2D eigenvalue weighted by Gasteiger charge is -2.05. The van der Waals surface area contributed by atoms with E-state index in [0.29, 0.717) is 19.4 Å². The summed E-state index contributed by atoms with van der Waals surface area (Å²) >= 11 is 0. The molecule has 4 heteroatoms. The Morgan fingerprint density at radius 1 is 0.696 bits per heavy atom. The van der Waals surface area contributed by atoms with Crippen LogP contribution < -0.4 is 5.32 Å². The molecule has 1 amide bonds. The number of carbonyl (C=O) groups excluding carboxylic acids is 1. The molecular formula is C19H37NO3. The van der Waals surface area contributed by atoms with Crippen LogP contribution in [0.25, 0.3) is 0 Å². The van der Waals surface area contributed by atoms with Gasteiger partial charge in [-0.3, -0.25) is 9.59 Å². The Bertz CT molecular complexity index is 292. The van der Waals surface area contributed by atoms with Crippen LogP contribution in [0.5, 0.6) is 0 Å². The summed E-state index contributed by atoms with van der Waals surface area (Å²) in [4.78, 5) is 21.9. The third-order valence-electron chi connectivity index (χ3n) is 4.15. The maximum Gasteiger partial charge on any atom is 0.303 e. The molecule has 0 fully saturated rings. The molecular weight excluding hydrogens is 290 g/mol. The molecule has 23 heavy (non-hydrogen) atoms. The molecule has 2 N–H and O–H groups in total.